The number of ether oxygens (including phenoxy) is 2. The number of fused-ring (bicyclic) bond motifs is 1. The SMILES string of the molecule is C=C(O)CC[C@H]1CN(S(=O)(=O)c2cc(Cl)cnc2OCCO)c2cc(/C=C(\C)c3c(F)cccc3Cl)ccc2O1. The van der Waals surface area contributed by atoms with Crippen molar-refractivity contribution in [2.45, 2.75) is 30.8 Å². The standard InChI is InChI=1S/C28H27Cl2FN2O6S/c1-17(27-22(30)4-3-5-23(27)31)12-19-7-9-25-24(13-19)33(16-21(39-25)8-6-18(2)35)40(36,37)26-14-20(29)15-32-28(26)38-11-10-34/h3-5,7,9,12-15,21,34-35H,2,6,8,10-11,16H2,1H3/b17-12+/t21-/m0/s1. The first-order valence-corrected chi connectivity index (χ1v) is 14.4. The van der Waals surface area contributed by atoms with Crippen molar-refractivity contribution in [2.24, 2.45) is 0 Å². The number of anilines is 1. The number of benzene rings is 2. The van der Waals surface area contributed by atoms with Crippen LogP contribution in [0.5, 0.6) is 11.6 Å². The van der Waals surface area contributed by atoms with E-state index in [0.717, 1.165) is 0 Å². The van der Waals surface area contributed by atoms with Crippen molar-refractivity contribution in [3.05, 3.63) is 88.0 Å². The quantitative estimate of drug-likeness (QED) is 0.206. The lowest BCUT2D eigenvalue weighted by Crippen LogP contribution is -2.43. The van der Waals surface area contributed by atoms with Crippen LogP contribution in [-0.4, -0.2) is 49.5 Å². The van der Waals surface area contributed by atoms with Gasteiger partial charge in [-0.15, -0.1) is 0 Å². The van der Waals surface area contributed by atoms with E-state index in [0.29, 0.717) is 17.6 Å². The van der Waals surface area contributed by atoms with E-state index >= 15 is 0 Å². The Labute approximate surface area is 242 Å². The fourth-order valence-electron chi connectivity index (χ4n) is 4.28. The Morgan fingerprint density at radius 2 is 2.08 bits per heavy atom. The number of hydrogen-bond donors (Lipinski definition) is 2. The van der Waals surface area contributed by atoms with Gasteiger partial charge in [0.2, 0.25) is 5.88 Å². The Morgan fingerprint density at radius 3 is 2.77 bits per heavy atom. The van der Waals surface area contributed by atoms with E-state index in [1.165, 1.54) is 28.7 Å². The van der Waals surface area contributed by atoms with Crippen molar-refractivity contribution in [1.29, 1.82) is 0 Å². The van der Waals surface area contributed by atoms with Gasteiger partial charge in [-0.1, -0.05) is 48.0 Å². The predicted molar refractivity (Wildman–Crippen MR) is 153 cm³/mol. The lowest BCUT2D eigenvalue weighted by Gasteiger charge is -2.36. The van der Waals surface area contributed by atoms with Crippen LogP contribution in [0.2, 0.25) is 10.0 Å². The molecule has 0 spiro atoms. The van der Waals surface area contributed by atoms with Gasteiger partial charge in [-0.05, 0) is 54.8 Å². The summed E-state index contributed by atoms with van der Waals surface area (Å²) in [5, 5.41) is 19.1. The van der Waals surface area contributed by atoms with Crippen molar-refractivity contribution >= 4 is 50.6 Å². The van der Waals surface area contributed by atoms with Crippen LogP contribution in [0.4, 0.5) is 10.1 Å². The Bertz CT molecular complexity index is 1540. The largest absolute Gasteiger partial charge is 0.513 e. The van der Waals surface area contributed by atoms with Crippen LogP contribution >= 0.6 is 23.2 Å². The molecule has 1 aliphatic rings. The molecule has 2 heterocycles. The maximum absolute atomic E-state index is 14.5. The van der Waals surface area contributed by atoms with Gasteiger partial charge < -0.3 is 19.7 Å². The Kier molecular flexibility index (Phi) is 9.25. The van der Waals surface area contributed by atoms with Crippen LogP contribution in [0, 0.1) is 5.82 Å². The minimum absolute atomic E-state index is 0.0506. The Hall–Kier alpha value is -3.31. The van der Waals surface area contributed by atoms with Crippen molar-refractivity contribution < 1.29 is 32.5 Å². The topological polar surface area (TPSA) is 109 Å². The van der Waals surface area contributed by atoms with Crippen molar-refractivity contribution in [3.63, 3.8) is 0 Å². The summed E-state index contributed by atoms with van der Waals surface area (Å²) in [6.07, 6.45) is 2.83. The molecule has 0 saturated carbocycles. The molecule has 2 N–H and O–H groups in total. The Balaban J connectivity index is 1.82. The summed E-state index contributed by atoms with van der Waals surface area (Å²) >= 11 is 12.3. The average molecular weight is 610 g/mol. The van der Waals surface area contributed by atoms with Crippen LogP contribution < -0.4 is 13.8 Å². The van der Waals surface area contributed by atoms with E-state index in [2.05, 4.69) is 11.6 Å². The van der Waals surface area contributed by atoms with Crippen molar-refractivity contribution in [1.82, 2.24) is 4.98 Å². The molecule has 8 nitrogen and oxygen atoms in total. The molecule has 1 aliphatic heterocycles. The van der Waals surface area contributed by atoms with E-state index in [-0.39, 0.29) is 69.8 Å². The molecular formula is C28H27Cl2FN2O6S. The van der Waals surface area contributed by atoms with E-state index in [1.807, 2.05) is 0 Å². The molecule has 0 aliphatic carbocycles. The van der Waals surface area contributed by atoms with Gasteiger partial charge in [0.25, 0.3) is 10.0 Å². The first-order chi connectivity index (χ1) is 19.0. The molecule has 4 rings (SSSR count). The van der Waals surface area contributed by atoms with Gasteiger partial charge in [0.15, 0.2) is 4.90 Å². The van der Waals surface area contributed by atoms with E-state index in [4.69, 9.17) is 32.7 Å². The number of nitrogens with zero attached hydrogens (tertiary/aromatic N) is 2. The Morgan fingerprint density at radius 1 is 1.30 bits per heavy atom. The van der Waals surface area contributed by atoms with E-state index in [1.54, 1.807) is 37.3 Å². The van der Waals surface area contributed by atoms with Gasteiger partial charge in [-0.3, -0.25) is 4.31 Å². The first kappa shape index (κ1) is 29.7. The molecule has 40 heavy (non-hydrogen) atoms. The second-order valence-corrected chi connectivity index (χ2v) is 11.7. The van der Waals surface area contributed by atoms with E-state index in [9.17, 15) is 23.0 Å². The summed E-state index contributed by atoms with van der Waals surface area (Å²) < 4.78 is 55.3. The van der Waals surface area contributed by atoms with Crippen LogP contribution in [0.15, 0.2) is 65.9 Å². The number of aromatic nitrogens is 1. The highest BCUT2D eigenvalue weighted by atomic mass is 35.5. The third-order valence-corrected chi connectivity index (χ3v) is 8.39. The molecule has 2 aromatic carbocycles. The van der Waals surface area contributed by atoms with Gasteiger partial charge in [0.1, 0.15) is 24.3 Å². The zero-order chi connectivity index (χ0) is 29.0. The molecule has 0 radical (unpaired) electrons. The lowest BCUT2D eigenvalue weighted by molar-refractivity contribution is 0.184. The highest BCUT2D eigenvalue weighted by molar-refractivity contribution is 7.93. The number of aliphatic hydroxyl groups is 2. The summed E-state index contributed by atoms with van der Waals surface area (Å²) in [6, 6.07) is 10.6. The first-order valence-electron chi connectivity index (χ1n) is 12.2. The number of allylic oxidation sites excluding steroid dienone is 2. The molecule has 1 atom stereocenters. The summed E-state index contributed by atoms with van der Waals surface area (Å²) in [4.78, 5) is 3.72. The third kappa shape index (κ3) is 6.52. The van der Waals surface area contributed by atoms with E-state index < -0.39 is 21.9 Å². The van der Waals surface area contributed by atoms with Gasteiger partial charge >= 0.3 is 0 Å². The lowest BCUT2D eigenvalue weighted by atomic mass is 10.0. The van der Waals surface area contributed by atoms with Crippen molar-refractivity contribution in [2.75, 3.05) is 24.1 Å². The highest BCUT2D eigenvalue weighted by Crippen LogP contribution is 2.41. The molecule has 0 amide bonds. The number of halogens is 3. The summed E-state index contributed by atoms with van der Waals surface area (Å²) in [5.74, 6) is -0.461. The summed E-state index contributed by atoms with van der Waals surface area (Å²) in [5.41, 5.74) is 1.57. The third-order valence-electron chi connectivity index (χ3n) is 6.09. The zero-order valence-electron chi connectivity index (χ0n) is 21.5. The summed E-state index contributed by atoms with van der Waals surface area (Å²) in [6.45, 7) is 4.57. The average Bonchev–Trinajstić information content (AvgIpc) is 2.90. The van der Waals surface area contributed by atoms with Gasteiger partial charge in [-0.25, -0.2) is 17.8 Å². The molecule has 0 unspecified atom stereocenters. The minimum atomic E-state index is -4.33. The number of hydrogen-bond acceptors (Lipinski definition) is 7. The molecule has 0 bridgehead atoms. The van der Waals surface area contributed by atoms with Gasteiger partial charge in [0.05, 0.1) is 34.6 Å². The number of pyridine rings is 1. The van der Waals surface area contributed by atoms with Crippen molar-refractivity contribution in [3.8, 4) is 11.6 Å². The molecule has 3 aromatic rings. The number of sulfonamides is 1. The molecule has 0 fully saturated rings. The number of rotatable bonds is 10. The molecule has 0 saturated heterocycles. The second kappa shape index (κ2) is 12.5. The van der Waals surface area contributed by atoms with Crippen LogP contribution in [0.3, 0.4) is 0 Å². The normalized spacial score (nSPS) is 15.4. The van der Waals surface area contributed by atoms with Gasteiger partial charge in [0, 0.05) is 18.2 Å². The maximum Gasteiger partial charge on any atom is 0.270 e. The fraction of sp³-hybridized carbons (Fsp3) is 0.250. The number of aliphatic hydroxyl groups excluding tert-OH is 2. The fourth-order valence-corrected chi connectivity index (χ4v) is 6.43. The smallest absolute Gasteiger partial charge is 0.270 e. The minimum Gasteiger partial charge on any atom is -0.513 e. The highest BCUT2D eigenvalue weighted by Gasteiger charge is 2.37. The monoisotopic (exact) mass is 608 g/mol. The second-order valence-electron chi connectivity index (χ2n) is 9.06. The van der Waals surface area contributed by atoms with Gasteiger partial charge in [-0.2, -0.15) is 0 Å². The zero-order valence-corrected chi connectivity index (χ0v) is 23.8. The van der Waals surface area contributed by atoms with Crippen LogP contribution in [0.25, 0.3) is 11.6 Å². The predicted octanol–water partition coefficient (Wildman–Crippen LogP) is 6.27. The molecule has 1 aromatic heterocycles. The molecule has 12 heteroatoms. The maximum atomic E-state index is 14.5. The van der Waals surface area contributed by atoms with Crippen LogP contribution in [0.1, 0.15) is 30.9 Å². The molecular weight excluding hydrogens is 582 g/mol. The summed E-state index contributed by atoms with van der Waals surface area (Å²) in [7, 11) is -4.33. The molecule has 212 valence electrons. The van der Waals surface area contributed by atoms with Crippen LogP contribution in [-0.2, 0) is 10.0 Å².